The van der Waals surface area contributed by atoms with E-state index in [4.69, 9.17) is 5.26 Å². The van der Waals surface area contributed by atoms with Gasteiger partial charge in [0.15, 0.2) is 0 Å². The first-order valence-corrected chi connectivity index (χ1v) is 8.49. The second-order valence-electron chi connectivity index (χ2n) is 5.82. The SMILES string of the molecule is N#Cc1ccc(S(=O)(=O)N2C[C@H]3CNC[C@H]3C2)cc1C(F)(F)F. The average molecular weight is 345 g/mol. The van der Waals surface area contributed by atoms with Crippen LogP contribution in [0.2, 0.25) is 0 Å². The van der Waals surface area contributed by atoms with E-state index in [1.54, 1.807) is 0 Å². The molecule has 0 unspecified atom stereocenters. The molecule has 0 saturated carbocycles. The van der Waals surface area contributed by atoms with Gasteiger partial charge in [0.25, 0.3) is 0 Å². The molecule has 0 spiro atoms. The van der Waals surface area contributed by atoms with Gasteiger partial charge in [0.2, 0.25) is 10.0 Å². The van der Waals surface area contributed by atoms with Crippen LogP contribution < -0.4 is 5.32 Å². The lowest BCUT2D eigenvalue weighted by atomic mass is 10.0. The van der Waals surface area contributed by atoms with Gasteiger partial charge >= 0.3 is 6.18 Å². The number of alkyl halides is 3. The van der Waals surface area contributed by atoms with E-state index < -0.39 is 32.2 Å². The molecule has 2 fully saturated rings. The van der Waals surface area contributed by atoms with E-state index in [-0.39, 0.29) is 11.8 Å². The first-order valence-electron chi connectivity index (χ1n) is 7.05. The average Bonchev–Trinajstić information content (AvgIpc) is 3.07. The molecular formula is C14H14F3N3O2S. The van der Waals surface area contributed by atoms with Gasteiger partial charge < -0.3 is 5.32 Å². The minimum atomic E-state index is -4.78. The van der Waals surface area contributed by atoms with Crippen LogP contribution in [0.1, 0.15) is 11.1 Å². The molecule has 124 valence electrons. The Balaban J connectivity index is 1.96. The van der Waals surface area contributed by atoms with Gasteiger partial charge in [-0.1, -0.05) is 0 Å². The molecule has 2 aliphatic rings. The Hall–Kier alpha value is -1.63. The number of rotatable bonds is 2. The Morgan fingerprint density at radius 2 is 1.83 bits per heavy atom. The molecular weight excluding hydrogens is 331 g/mol. The van der Waals surface area contributed by atoms with Gasteiger partial charge in [-0.15, -0.1) is 0 Å². The van der Waals surface area contributed by atoms with Crippen LogP contribution in [0.15, 0.2) is 23.1 Å². The maximum absolute atomic E-state index is 13.0. The Bertz CT molecular complexity index is 758. The topological polar surface area (TPSA) is 73.2 Å². The molecule has 0 amide bonds. The molecule has 0 radical (unpaired) electrons. The molecule has 3 rings (SSSR count). The van der Waals surface area contributed by atoms with Crippen molar-refractivity contribution >= 4 is 10.0 Å². The third-order valence-electron chi connectivity index (χ3n) is 4.41. The summed E-state index contributed by atoms with van der Waals surface area (Å²) in [5.41, 5.74) is -1.80. The number of fused-ring (bicyclic) bond motifs is 1. The van der Waals surface area contributed by atoms with Crippen molar-refractivity contribution in [1.82, 2.24) is 9.62 Å². The second-order valence-corrected chi connectivity index (χ2v) is 7.76. The van der Waals surface area contributed by atoms with Crippen molar-refractivity contribution in [3.63, 3.8) is 0 Å². The molecule has 1 aromatic carbocycles. The van der Waals surface area contributed by atoms with Crippen molar-refractivity contribution in [2.75, 3.05) is 26.2 Å². The number of nitrogens with one attached hydrogen (secondary N) is 1. The van der Waals surface area contributed by atoms with E-state index in [1.807, 2.05) is 0 Å². The predicted octanol–water partition coefficient (Wildman–Crippen LogP) is 1.42. The van der Waals surface area contributed by atoms with Crippen LogP contribution in [0, 0.1) is 23.2 Å². The molecule has 1 aromatic rings. The smallest absolute Gasteiger partial charge is 0.316 e. The number of nitrogens with zero attached hydrogens (tertiary/aromatic N) is 2. The number of hydrogen-bond acceptors (Lipinski definition) is 4. The maximum atomic E-state index is 13.0. The standard InChI is InChI=1S/C14H14F3N3O2S/c15-14(16,17)13-3-12(2-1-9(13)4-18)23(21,22)20-7-10-5-19-6-11(10)8-20/h1-3,10-11,19H,5-8H2/t10-,11+. The zero-order chi connectivity index (χ0) is 16.8. The van der Waals surface area contributed by atoms with E-state index in [2.05, 4.69) is 5.32 Å². The quantitative estimate of drug-likeness (QED) is 0.880. The second kappa shape index (κ2) is 5.47. The lowest BCUT2D eigenvalue weighted by Gasteiger charge is -2.18. The molecule has 9 heteroatoms. The van der Waals surface area contributed by atoms with Crippen molar-refractivity contribution in [3.05, 3.63) is 29.3 Å². The van der Waals surface area contributed by atoms with Gasteiger partial charge in [-0.3, -0.25) is 0 Å². The van der Waals surface area contributed by atoms with Crippen LogP contribution in [-0.4, -0.2) is 38.9 Å². The fourth-order valence-electron chi connectivity index (χ4n) is 3.17. The molecule has 23 heavy (non-hydrogen) atoms. The summed E-state index contributed by atoms with van der Waals surface area (Å²) in [6.45, 7) is 2.05. The zero-order valence-corrected chi connectivity index (χ0v) is 12.8. The van der Waals surface area contributed by atoms with Gasteiger partial charge in [0, 0.05) is 13.1 Å². The lowest BCUT2D eigenvalue weighted by molar-refractivity contribution is -0.137. The van der Waals surface area contributed by atoms with Crippen LogP contribution in [0.5, 0.6) is 0 Å². The minimum absolute atomic E-state index is 0.199. The summed E-state index contributed by atoms with van der Waals surface area (Å²) < 4.78 is 65.4. The third kappa shape index (κ3) is 2.82. The first-order chi connectivity index (χ1) is 10.7. The highest BCUT2D eigenvalue weighted by molar-refractivity contribution is 7.89. The largest absolute Gasteiger partial charge is 0.417 e. The third-order valence-corrected chi connectivity index (χ3v) is 6.24. The summed E-state index contributed by atoms with van der Waals surface area (Å²) in [4.78, 5) is -0.420. The number of nitriles is 1. The zero-order valence-electron chi connectivity index (χ0n) is 12.0. The summed E-state index contributed by atoms with van der Waals surface area (Å²) >= 11 is 0. The molecule has 0 aliphatic carbocycles. The molecule has 0 bridgehead atoms. The van der Waals surface area contributed by atoms with Crippen LogP contribution in [0.4, 0.5) is 13.2 Å². The fraction of sp³-hybridized carbons (Fsp3) is 0.500. The van der Waals surface area contributed by atoms with Crippen LogP contribution in [0.3, 0.4) is 0 Å². The van der Waals surface area contributed by atoms with E-state index in [1.165, 1.54) is 10.4 Å². The van der Waals surface area contributed by atoms with E-state index in [0.29, 0.717) is 19.2 Å². The molecule has 1 N–H and O–H groups in total. The normalized spacial score (nSPS) is 25.3. The summed E-state index contributed by atoms with van der Waals surface area (Å²) in [6.07, 6.45) is -4.78. The van der Waals surface area contributed by atoms with Crippen molar-refractivity contribution in [1.29, 1.82) is 5.26 Å². The summed E-state index contributed by atoms with van der Waals surface area (Å²) in [7, 11) is -3.99. The Morgan fingerprint density at radius 1 is 1.22 bits per heavy atom. The Labute approximate surface area is 131 Å². The number of benzene rings is 1. The monoisotopic (exact) mass is 345 g/mol. The number of sulfonamides is 1. The molecule has 2 heterocycles. The van der Waals surface area contributed by atoms with Gasteiger partial charge in [-0.2, -0.15) is 22.7 Å². The summed E-state index contributed by atoms with van der Waals surface area (Å²) in [6, 6.07) is 3.98. The highest BCUT2D eigenvalue weighted by Crippen LogP contribution is 2.35. The van der Waals surface area contributed by atoms with E-state index >= 15 is 0 Å². The van der Waals surface area contributed by atoms with Crippen molar-refractivity contribution in [2.24, 2.45) is 11.8 Å². The fourth-order valence-corrected chi connectivity index (χ4v) is 4.75. The highest BCUT2D eigenvalue weighted by Gasteiger charge is 2.42. The van der Waals surface area contributed by atoms with Crippen molar-refractivity contribution in [3.8, 4) is 6.07 Å². The van der Waals surface area contributed by atoms with Crippen LogP contribution in [0.25, 0.3) is 0 Å². The molecule has 2 atom stereocenters. The lowest BCUT2D eigenvalue weighted by Crippen LogP contribution is -2.32. The van der Waals surface area contributed by atoms with Gasteiger partial charge in [-0.25, -0.2) is 8.42 Å². The summed E-state index contributed by atoms with van der Waals surface area (Å²) in [5.74, 6) is 0.399. The van der Waals surface area contributed by atoms with Gasteiger partial charge in [-0.05, 0) is 43.1 Å². The molecule has 5 nitrogen and oxygen atoms in total. The number of hydrogen-bond donors (Lipinski definition) is 1. The number of halogens is 3. The summed E-state index contributed by atoms with van der Waals surface area (Å²) in [5, 5.41) is 12.0. The molecule has 0 aromatic heterocycles. The predicted molar refractivity (Wildman–Crippen MR) is 74.8 cm³/mol. The Kier molecular flexibility index (Phi) is 3.86. The van der Waals surface area contributed by atoms with Gasteiger partial charge in [0.05, 0.1) is 22.1 Å². The van der Waals surface area contributed by atoms with Gasteiger partial charge in [0.1, 0.15) is 0 Å². The van der Waals surface area contributed by atoms with E-state index in [0.717, 1.165) is 25.2 Å². The Morgan fingerprint density at radius 3 is 2.35 bits per heavy atom. The maximum Gasteiger partial charge on any atom is 0.417 e. The van der Waals surface area contributed by atoms with Crippen molar-refractivity contribution < 1.29 is 21.6 Å². The van der Waals surface area contributed by atoms with Crippen LogP contribution in [-0.2, 0) is 16.2 Å². The highest BCUT2D eigenvalue weighted by atomic mass is 32.2. The molecule has 2 aliphatic heterocycles. The minimum Gasteiger partial charge on any atom is -0.316 e. The molecule has 2 saturated heterocycles. The first kappa shape index (κ1) is 16.2. The van der Waals surface area contributed by atoms with E-state index in [9.17, 15) is 21.6 Å². The van der Waals surface area contributed by atoms with Crippen LogP contribution >= 0.6 is 0 Å². The van der Waals surface area contributed by atoms with Crippen molar-refractivity contribution in [2.45, 2.75) is 11.1 Å².